The van der Waals surface area contributed by atoms with Gasteiger partial charge in [-0.25, -0.2) is 4.79 Å². The van der Waals surface area contributed by atoms with Crippen LogP contribution in [0.2, 0.25) is 0 Å². The molecule has 0 saturated heterocycles. The van der Waals surface area contributed by atoms with E-state index >= 15 is 0 Å². The Morgan fingerprint density at radius 1 is 1.06 bits per heavy atom. The van der Waals surface area contributed by atoms with Crippen molar-refractivity contribution in [3.05, 3.63) is 47.5 Å². The van der Waals surface area contributed by atoms with Crippen molar-refractivity contribution in [1.29, 1.82) is 0 Å². The first kappa shape index (κ1) is 9.09. The molecule has 3 nitrogen and oxygen atoms in total. The van der Waals surface area contributed by atoms with Crippen LogP contribution in [-0.2, 0) is 4.74 Å². The molecule has 0 bridgehead atoms. The number of aliphatic imine (C=N–C) groups is 1. The highest BCUT2D eigenvalue weighted by atomic mass is 16.5. The van der Waals surface area contributed by atoms with Crippen LogP contribution in [0, 0.1) is 0 Å². The van der Waals surface area contributed by atoms with E-state index in [4.69, 9.17) is 4.74 Å². The summed E-state index contributed by atoms with van der Waals surface area (Å²) in [5.74, 6) is 0.0687. The maximum Gasteiger partial charge on any atom is 0.345 e. The van der Waals surface area contributed by atoms with Crippen molar-refractivity contribution in [2.75, 3.05) is 7.05 Å². The summed E-state index contributed by atoms with van der Waals surface area (Å²) in [7, 11) is 1.62. The zero-order valence-electron chi connectivity index (χ0n) is 8.73. The third kappa shape index (κ3) is 1.08. The molecule has 78 valence electrons. The van der Waals surface area contributed by atoms with Gasteiger partial charge in [-0.2, -0.15) is 0 Å². The van der Waals surface area contributed by atoms with Gasteiger partial charge in [0.05, 0.1) is 5.56 Å². The van der Waals surface area contributed by atoms with Crippen molar-refractivity contribution in [1.82, 2.24) is 0 Å². The SMILES string of the molecule is CN=C1OC(=O)c2cccc3cccc1c23. The number of carbonyl (C=O) groups is 1. The fourth-order valence-electron chi connectivity index (χ4n) is 2.05. The second kappa shape index (κ2) is 3.17. The molecule has 0 atom stereocenters. The van der Waals surface area contributed by atoms with Gasteiger partial charge < -0.3 is 4.74 Å². The number of hydrogen-bond donors (Lipinski definition) is 0. The number of carbonyl (C=O) groups excluding carboxylic acids is 1. The standard InChI is InChI=1S/C13H9NO2/c1-14-12-9-6-2-4-8-5-3-7-10(11(8)9)13(15)16-12/h2-7H,1H3. The number of hydrogen-bond acceptors (Lipinski definition) is 3. The number of ether oxygens (including phenoxy) is 1. The number of benzene rings is 2. The molecule has 0 spiro atoms. The monoisotopic (exact) mass is 211 g/mol. The highest BCUT2D eigenvalue weighted by molar-refractivity contribution is 6.22. The Kier molecular flexibility index (Phi) is 1.80. The maximum absolute atomic E-state index is 11.7. The van der Waals surface area contributed by atoms with Gasteiger partial charge in [0.2, 0.25) is 5.90 Å². The summed E-state index contributed by atoms with van der Waals surface area (Å²) < 4.78 is 5.16. The van der Waals surface area contributed by atoms with Crippen molar-refractivity contribution < 1.29 is 9.53 Å². The molecule has 0 aliphatic carbocycles. The summed E-state index contributed by atoms with van der Waals surface area (Å²) >= 11 is 0. The van der Waals surface area contributed by atoms with Crippen LogP contribution in [0.3, 0.4) is 0 Å². The van der Waals surface area contributed by atoms with Crippen LogP contribution < -0.4 is 0 Å². The van der Waals surface area contributed by atoms with Gasteiger partial charge in [0.1, 0.15) is 0 Å². The minimum absolute atomic E-state index is 0.329. The fraction of sp³-hybridized carbons (Fsp3) is 0.0769. The van der Waals surface area contributed by atoms with Crippen LogP contribution in [0.4, 0.5) is 0 Å². The average Bonchev–Trinajstić information content (AvgIpc) is 2.33. The Bertz CT molecular complexity index is 624. The maximum atomic E-state index is 11.7. The smallest absolute Gasteiger partial charge is 0.345 e. The van der Waals surface area contributed by atoms with Crippen molar-refractivity contribution >= 4 is 22.6 Å². The minimum atomic E-state index is -0.329. The summed E-state index contributed by atoms with van der Waals surface area (Å²) in [6, 6.07) is 11.5. The molecule has 3 heteroatoms. The van der Waals surface area contributed by atoms with E-state index in [9.17, 15) is 4.79 Å². The Labute approximate surface area is 92.4 Å². The van der Waals surface area contributed by atoms with Gasteiger partial charge in [0.25, 0.3) is 0 Å². The molecule has 2 aromatic rings. The third-order valence-corrected chi connectivity index (χ3v) is 2.75. The van der Waals surface area contributed by atoms with Crippen LogP contribution in [0.25, 0.3) is 10.8 Å². The quantitative estimate of drug-likeness (QED) is 0.627. The molecule has 2 aromatic carbocycles. The lowest BCUT2D eigenvalue weighted by Gasteiger charge is -2.17. The lowest BCUT2D eigenvalue weighted by Crippen LogP contribution is -2.20. The van der Waals surface area contributed by atoms with E-state index in [-0.39, 0.29) is 5.97 Å². The van der Waals surface area contributed by atoms with Crippen LogP contribution in [0.5, 0.6) is 0 Å². The van der Waals surface area contributed by atoms with Gasteiger partial charge in [0.15, 0.2) is 0 Å². The molecule has 1 aliphatic rings. The van der Waals surface area contributed by atoms with E-state index in [0.29, 0.717) is 11.5 Å². The molecule has 0 amide bonds. The topological polar surface area (TPSA) is 38.7 Å². The van der Waals surface area contributed by atoms with Crippen molar-refractivity contribution in [2.24, 2.45) is 4.99 Å². The van der Waals surface area contributed by atoms with E-state index in [1.165, 1.54) is 0 Å². The Morgan fingerprint density at radius 3 is 2.44 bits per heavy atom. The minimum Gasteiger partial charge on any atom is -0.404 e. The molecular weight excluding hydrogens is 202 g/mol. The molecule has 16 heavy (non-hydrogen) atoms. The van der Waals surface area contributed by atoms with E-state index < -0.39 is 0 Å². The molecule has 0 N–H and O–H groups in total. The van der Waals surface area contributed by atoms with Crippen LogP contribution in [0.15, 0.2) is 41.4 Å². The van der Waals surface area contributed by atoms with Crippen molar-refractivity contribution in [3.63, 3.8) is 0 Å². The molecule has 0 radical (unpaired) electrons. The molecule has 3 rings (SSSR count). The van der Waals surface area contributed by atoms with Gasteiger partial charge in [-0.1, -0.05) is 24.3 Å². The predicted octanol–water partition coefficient (Wildman–Crippen LogP) is 2.39. The Balaban J connectivity index is 2.52. The van der Waals surface area contributed by atoms with Gasteiger partial charge in [-0.15, -0.1) is 0 Å². The van der Waals surface area contributed by atoms with Crippen molar-refractivity contribution in [3.8, 4) is 0 Å². The van der Waals surface area contributed by atoms with Crippen LogP contribution >= 0.6 is 0 Å². The number of cyclic esters (lactones) is 1. The second-order valence-electron chi connectivity index (χ2n) is 3.63. The summed E-state index contributed by atoms with van der Waals surface area (Å²) in [6.45, 7) is 0. The highest BCUT2D eigenvalue weighted by Crippen LogP contribution is 2.28. The Morgan fingerprint density at radius 2 is 1.75 bits per heavy atom. The average molecular weight is 211 g/mol. The molecule has 0 aromatic heterocycles. The molecule has 1 heterocycles. The predicted molar refractivity (Wildman–Crippen MR) is 61.8 cm³/mol. The van der Waals surface area contributed by atoms with E-state index in [1.807, 2.05) is 30.3 Å². The first-order valence-corrected chi connectivity index (χ1v) is 5.02. The van der Waals surface area contributed by atoms with E-state index in [0.717, 1.165) is 16.3 Å². The van der Waals surface area contributed by atoms with Crippen LogP contribution in [0.1, 0.15) is 15.9 Å². The lowest BCUT2D eigenvalue weighted by molar-refractivity contribution is 0.0716. The summed E-state index contributed by atoms with van der Waals surface area (Å²) in [5, 5.41) is 1.97. The lowest BCUT2D eigenvalue weighted by atomic mass is 9.97. The highest BCUT2D eigenvalue weighted by Gasteiger charge is 2.24. The first-order valence-electron chi connectivity index (χ1n) is 5.02. The van der Waals surface area contributed by atoms with E-state index in [1.54, 1.807) is 13.1 Å². The zero-order chi connectivity index (χ0) is 11.1. The molecule has 0 unspecified atom stereocenters. The number of rotatable bonds is 0. The second-order valence-corrected chi connectivity index (χ2v) is 3.63. The largest absolute Gasteiger partial charge is 0.404 e. The fourth-order valence-corrected chi connectivity index (χ4v) is 2.05. The van der Waals surface area contributed by atoms with Gasteiger partial charge in [0, 0.05) is 18.0 Å². The Hall–Kier alpha value is -2.16. The zero-order valence-corrected chi connectivity index (χ0v) is 8.73. The van der Waals surface area contributed by atoms with Crippen molar-refractivity contribution in [2.45, 2.75) is 0 Å². The van der Waals surface area contributed by atoms with Gasteiger partial charge in [-0.3, -0.25) is 4.99 Å². The molecule has 1 aliphatic heterocycles. The number of nitrogens with zero attached hydrogens (tertiary/aromatic N) is 1. The van der Waals surface area contributed by atoms with Crippen LogP contribution in [-0.4, -0.2) is 18.9 Å². The summed E-state index contributed by atoms with van der Waals surface area (Å²) in [6.07, 6.45) is 0. The normalized spacial score (nSPS) is 16.6. The number of esters is 1. The molecular formula is C13H9NO2. The third-order valence-electron chi connectivity index (χ3n) is 2.75. The first-order chi connectivity index (χ1) is 7.81. The van der Waals surface area contributed by atoms with Gasteiger partial charge in [-0.05, 0) is 17.5 Å². The summed E-state index contributed by atoms with van der Waals surface area (Å²) in [4.78, 5) is 15.7. The molecule has 0 saturated carbocycles. The molecule has 0 fully saturated rings. The van der Waals surface area contributed by atoms with E-state index in [2.05, 4.69) is 4.99 Å². The van der Waals surface area contributed by atoms with Gasteiger partial charge >= 0.3 is 5.97 Å². The summed E-state index contributed by atoms with van der Waals surface area (Å²) in [5.41, 5.74) is 1.50.